The monoisotopic (exact) mass is 570 g/mol. The van der Waals surface area contributed by atoms with E-state index in [1.165, 1.54) is 20.9 Å². The van der Waals surface area contributed by atoms with Gasteiger partial charge in [-0.1, -0.05) is 36.4 Å². The van der Waals surface area contributed by atoms with Gasteiger partial charge in [0.05, 0.1) is 0 Å². The maximum atomic E-state index is 14.7. The number of halogens is 4. The van der Waals surface area contributed by atoms with E-state index in [-0.39, 0.29) is 18.6 Å². The molecule has 0 unspecified atom stereocenters. The van der Waals surface area contributed by atoms with E-state index in [0.717, 1.165) is 23.2 Å². The summed E-state index contributed by atoms with van der Waals surface area (Å²) in [6, 6.07) is 8.94. The zero-order chi connectivity index (χ0) is 30.3. The lowest BCUT2D eigenvalue weighted by Crippen LogP contribution is -2.49. The van der Waals surface area contributed by atoms with Gasteiger partial charge in [-0.05, 0) is 51.8 Å². The number of carbonyl (C=O) groups excluding carboxylic acids is 3. The largest absolute Gasteiger partial charge is 0.458 e. The summed E-state index contributed by atoms with van der Waals surface area (Å²) in [5.41, 5.74) is -3.20. The van der Waals surface area contributed by atoms with Crippen LogP contribution in [0.25, 0.3) is 0 Å². The van der Waals surface area contributed by atoms with Crippen molar-refractivity contribution < 1.29 is 46.2 Å². The van der Waals surface area contributed by atoms with Crippen LogP contribution in [-0.2, 0) is 43.0 Å². The molecule has 1 amide bonds. The molecule has 0 fully saturated rings. The van der Waals surface area contributed by atoms with E-state index in [1.54, 1.807) is 51.1 Å². The first-order valence-corrected chi connectivity index (χ1v) is 12.4. The van der Waals surface area contributed by atoms with Crippen molar-refractivity contribution in [2.75, 3.05) is 7.05 Å². The highest BCUT2D eigenvalue weighted by molar-refractivity contribution is 5.85. The van der Waals surface area contributed by atoms with Crippen LogP contribution in [-0.4, -0.2) is 58.4 Å². The molecule has 12 heteroatoms. The Morgan fingerprint density at radius 2 is 1.52 bits per heavy atom. The molecule has 0 aliphatic carbocycles. The first kappa shape index (κ1) is 32.5. The number of rotatable bonds is 10. The minimum absolute atomic E-state index is 0.144. The first-order chi connectivity index (χ1) is 18.4. The Labute approximate surface area is 230 Å². The van der Waals surface area contributed by atoms with Gasteiger partial charge >= 0.3 is 24.2 Å². The number of benzene rings is 1. The third-order valence-electron chi connectivity index (χ3n) is 5.38. The van der Waals surface area contributed by atoms with Crippen LogP contribution in [0.1, 0.15) is 57.9 Å². The maximum Gasteiger partial charge on any atom is 0.433 e. The third kappa shape index (κ3) is 10.8. The molecule has 0 saturated carbocycles. The molecular weight excluding hydrogens is 536 g/mol. The van der Waals surface area contributed by atoms with E-state index in [1.807, 2.05) is 0 Å². The minimum atomic E-state index is -4.67. The van der Waals surface area contributed by atoms with Gasteiger partial charge in [0.1, 0.15) is 29.6 Å². The highest BCUT2D eigenvalue weighted by Crippen LogP contribution is 2.28. The number of hydrogen-bond acceptors (Lipinski definition) is 7. The molecule has 0 bridgehead atoms. The topological polar surface area (TPSA) is 95.0 Å². The highest BCUT2D eigenvalue weighted by Gasteiger charge is 2.39. The highest BCUT2D eigenvalue weighted by atomic mass is 19.4. The molecule has 2 atom stereocenters. The van der Waals surface area contributed by atoms with E-state index < -0.39 is 59.7 Å². The Balaban J connectivity index is 2.32. The second-order valence-electron chi connectivity index (χ2n) is 10.8. The van der Waals surface area contributed by atoms with E-state index in [4.69, 9.17) is 14.2 Å². The lowest BCUT2D eigenvalue weighted by molar-refractivity contribution is -0.172. The Bertz CT molecular complexity index is 1140. The van der Waals surface area contributed by atoms with E-state index in [9.17, 15) is 31.9 Å². The van der Waals surface area contributed by atoms with Crippen LogP contribution in [0.2, 0.25) is 0 Å². The molecule has 8 nitrogen and oxygen atoms in total. The summed E-state index contributed by atoms with van der Waals surface area (Å²) in [6.07, 6.45) is -7.19. The van der Waals surface area contributed by atoms with Gasteiger partial charge in [-0.3, -0.25) is 9.88 Å². The van der Waals surface area contributed by atoms with Crippen LogP contribution in [0.3, 0.4) is 0 Å². The number of esters is 2. The predicted octanol–water partition coefficient (Wildman–Crippen LogP) is 5.67. The number of amides is 1. The SMILES string of the molecule is CN(C(=O)OC(C)(C)C)[C@@H](CC(C)(C)F)C(=O)O[C@H](Cc1ccc(C(F)(F)F)nc1)C(=O)OCc1ccccc1. The van der Waals surface area contributed by atoms with E-state index in [0.29, 0.717) is 5.56 Å². The molecule has 0 radical (unpaired) electrons. The Hall–Kier alpha value is -3.70. The average molecular weight is 571 g/mol. The van der Waals surface area contributed by atoms with Crippen molar-refractivity contribution in [2.24, 2.45) is 0 Å². The first-order valence-electron chi connectivity index (χ1n) is 12.4. The zero-order valence-electron chi connectivity index (χ0n) is 23.3. The second kappa shape index (κ2) is 13.1. The fourth-order valence-electron chi connectivity index (χ4n) is 3.44. The van der Waals surface area contributed by atoms with Gasteiger partial charge in [0.2, 0.25) is 6.10 Å². The molecule has 220 valence electrons. The normalized spacial score (nSPS) is 13.7. The van der Waals surface area contributed by atoms with Gasteiger partial charge in [0, 0.05) is 26.1 Å². The standard InChI is InChI=1S/C28H34F4N2O6/c1-26(2,3)40-25(37)34(6)20(15-27(4,5)29)23(35)39-21(24(36)38-17-18-10-8-7-9-11-18)14-19-12-13-22(33-16-19)28(30,31)32/h7-13,16,20-21H,14-15,17H2,1-6H3/t20-,21+/m0/s1. The van der Waals surface area contributed by atoms with Crippen molar-refractivity contribution in [3.63, 3.8) is 0 Å². The summed E-state index contributed by atoms with van der Waals surface area (Å²) in [4.78, 5) is 43.2. The van der Waals surface area contributed by atoms with Crippen LogP contribution < -0.4 is 0 Å². The summed E-state index contributed by atoms with van der Waals surface area (Å²) >= 11 is 0. The average Bonchev–Trinajstić information content (AvgIpc) is 2.83. The van der Waals surface area contributed by atoms with Crippen LogP contribution >= 0.6 is 0 Å². The van der Waals surface area contributed by atoms with Crippen molar-refractivity contribution >= 4 is 18.0 Å². The number of nitrogens with zero attached hydrogens (tertiary/aromatic N) is 2. The molecular formula is C28H34F4N2O6. The quantitative estimate of drug-likeness (QED) is 0.206. The molecule has 1 heterocycles. The summed E-state index contributed by atoms with van der Waals surface area (Å²) in [5, 5.41) is 0. The lowest BCUT2D eigenvalue weighted by atomic mass is 10.00. The molecule has 0 N–H and O–H groups in total. The number of hydrogen-bond donors (Lipinski definition) is 0. The summed E-state index contributed by atoms with van der Waals surface area (Å²) in [5.74, 6) is -2.11. The molecule has 40 heavy (non-hydrogen) atoms. The van der Waals surface area contributed by atoms with Crippen molar-refractivity contribution in [1.82, 2.24) is 9.88 Å². The maximum absolute atomic E-state index is 14.7. The number of pyridine rings is 1. The van der Waals surface area contributed by atoms with Gasteiger partial charge in [-0.2, -0.15) is 13.2 Å². The summed E-state index contributed by atoms with van der Waals surface area (Å²) in [6.45, 7) is 7.08. The summed E-state index contributed by atoms with van der Waals surface area (Å²) in [7, 11) is 1.23. The van der Waals surface area contributed by atoms with Gasteiger partial charge in [0.25, 0.3) is 0 Å². The van der Waals surface area contributed by atoms with E-state index >= 15 is 0 Å². The lowest BCUT2D eigenvalue weighted by Gasteiger charge is -2.32. The number of likely N-dealkylation sites (N-methyl/N-ethyl adjacent to an activating group) is 1. The zero-order valence-corrected chi connectivity index (χ0v) is 23.3. The smallest absolute Gasteiger partial charge is 0.433 e. The van der Waals surface area contributed by atoms with E-state index in [2.05, 4.69) is 4.98 Å². The van der Waals surface area contributed by atoms with Gasteiger partial charge in [-0.15, -0.1) is 0 Å². The molecule has 0 aliphatic rings. The van der Waals surface area contributed by atoms with Gasteiger partial charge in [-0.25, -0.2) is 18.8 Å². The van der Waals surface area contributed by atoms with Crippen molar-refractivity contribution in [1.29, 1.82) is 0 Å². The molecule has 1 aromatic heterocycles. The molecule has 2 aromatic rings. The Morgan fingerprint density at radius 3 is 2.02 bits per heavy atom. The molecule has 2 rings (SSSR count). The van der Waals surface area contributed by atoms with Gasteiger partial charge < -0.3 is 14.2 Å². The van der Waals surface area contributed by atoms with Crippen LogP contribution in [0.4, 0.5) is 22.4 Å². The molecule has 0 aliphatic heterocycles. The second-order valence-corrected chi connectivity index (χ2v) is 10.8. The number of ether oxygens (including phenoxy) is 3. The summed E-state index contributed by atoms with van der Waals surface area (Å²) < 4.78 is 69.5. The fourth-order valence-corrected chi connectivity index (χ4v) is 3.44. The number of alkyl halides is 4. The van der Waals surface area contributed by atoms with Crippen molar-refractivity contribution in [2.45, 2.75) is 83.7 Å². The van der Waals surface area contributed by atoms with Gasteiger partial charge in [0.15, 0.2) is 0 Å². The minimum Gasteiger partial charge on any atom is -0.458 e. The van der Waals surface area contributed by atoms with Crippen LogP contribution in [0, 0.1) is 0 Å². The molecule has 0 saturated heterocycles. The van der Waals surface area contributed by atoms with Crippen molar-refractivity contribution in [3.8, 4) is 0 Å². The Kier molecular flexibility index (Phi) is 10.6. The Morgan fingerprint density at radius 1 is 0.900 bits per heavy atom. The number of carbonyl (C=O) groups is 3. The third-order valence-corrected chi connectivity index (χ3v) is 5.38. The molecule has 1 aromatic carbocycles. The van der Waals surface area contributed by atoms with Crippen LogP contribution in [0.15, 0.2) is 48.7 Å². The number of aromatic nitrogens is 1. The van der Waals surface area contributed by atoms with Crippen molar-refractivity contribution in [3.05, 3.63) is 65.5 Å². The molecule has 0 spiro atoms. The fraction of sp³-hybridized carbons (Fsp3) is 0.500. The van der Waals surface area contributed by atoms with Crippen LogP contribution in [0.5, 0.6) is 0 Å². The predicted molar refractivity (Wildman–Crippen MR) is 137 cm³/mol.